The summed E-state index contributed by atoms with van der Waals surface area (Å²) in [4.78, 5) is 3.33. The van der Waals surface area contributed by atoms with Crippen molar-refractivity contribution in [2.45, 2.75) is 0 Å². The fourth-order valence-corrected chi connectivity index (χ4v) is 0.201. The van der Waals surface area contributed by atoms with E-state index in [1.165, 1.54) is 6.08 Å². The summed E-state index contributed by atoms with van der Waals surface area (Å²) in [6, 6.07) is 0. The van der Waals surface area contributed by atoms with Crippen molar-refractivity contribution < 1.29 is 0 Å². The van der Waals surface area contributed by atoms with E-state index < -0.39 is 0 Å². The van der Waals surface area contributed by atoms with Gasteiger partial charge in [0.1, 0.15) is 3.72 Å². The molecule has 0 bridgehead atoms. The number of nitriles is 1. The van der Waals surface area contributed by atoms with Crippen LogP contribution in [0.5, 0.6) is 0 Å². The molecule has 0 fully saturated rings. The number of halogens is 1. The molecule has 0 radical (unpaired) electrons. The molecule has 0 saturated heterocycles. The molecule has 0 heterocycles. The maximum atomic E-state index is 7.88. The molecule has 0 unspecified atom stereocenters. The minimum absolute atomic E-state index is 0.625. The first kappa shape index (κ1) is 6.63. The zero-order valence-corrected chi connectivity index (χ0v) is 5.71. The summed E-state index contributed by atoms with van der Waals surface area (Å²) in [6.45, 7) is 3.39. The van der Waals surface area contributed by atoms with E-state index in [0.717, 1.165) is 0 Å². The zero-order valence-electron chi connectivity index (χ0n) is 3.56. The minimum atomic E-state index is 0.625. The van der Waals surface area contributed by atoms with Crippen molar-refractivity contribution in [1.82, 2.24) is 0 Å². The number of hydrogen-bond donors (Lipinski definition) is 0. The smallest absolute Gasteiger partial charge is 0.170 e. The largest absolute Gasteiger partial charge is 0.206 e. The van der Waals surface area contributed by atoms with Gasteiger partial charge in [-0.15, -0.1) is 0 Å². The molecule has 0 amide bonds. The average molecular weight is 206 g/mol. The number of allylic oxidation sites excluding steroid dienone is 1. The van der Waals surface area contributed by atoms with Gasteiger partial charge in [0.05, 0.1) is 0 Å². The Morgan fingerprint density at radius 2 is 2.57 bits per heavy atom. The van der Waals surface area contributed by atoms with Gasteiger partial charge in [0.15, 0.2) is 0 Å². The van der Waals surface area contributed by atoms with Crippen LogP contribution in [0.1, 0.15) is 0 Å². The van der Waals surface area contributed by atoms with Gasteiger partial charge < -0.3 is 0 Å². The lowest BCUT2D eigenvalue weighted by atomic mass is 10.7. The lowest BCUT2D eigenvalue weighted by Crippen LogP contribution is -1.70. The number of nitrogens with zero attached hydrogens (tertiary/aromatic N) is 2. The Labute approximate surface area is 55.7 Å². The van der Waals surface area contributed by atoms with Crippen LogP contribution < -0.4 is 0 Å². The zero-order chi connectivity index (χ0) is 5.70. The second kappa shape index (κ2) is 3.81. The van der Waals surface area contributed by atoms with Gasteiger partial charge in [-0.05, 0) is 28.7 Å². The third kappa shape index (κ3) is 3.46. The number of aliphatic imine (C=N–C) groups is 1. The molecule has 0 aromatic heterocycles. The summed E-state index contributed by atoms with van der Waals surface area (Å²) in [5.74, 6) is 0. The van der Waals surface area contributed by atoms with Crippen LogP contribution >= 0.6 is 22.6 Å². The van der Waals surface area contributed by atoms with Gasteiger partial charge in [0.25, 0.3) is 0 Å². The third-order valence-corrected chi connectivity index (χ3v) is 1.01. The van der Waals surface area contributed by atoms with Crippen molar-refractivity contribution in [3.05, 3.63) is 12.7 Å². The van der Waals surface area contributed by atoms with E-state index >= 15 is 0 Å². The minimum Gasteiger partial charge on any atom is -0.170 e. The lowest BCUT2D eigenvalue weighted by molar-refractivity contribution is 1.45. The van der Waals surface area contributed by atoms with Gasteiger partial charge >= 0.3 is 0 Å². The number of rotatable bonds is 1. The molecule has 0 N–H and O–H groups in total. The molecule has 0 aliphatic carbocycles. The quantitative estimate of drug-likeness (QED) is 0.363. The van der Waals surface area contributed by atoms with Crippen LogP contribution in [0.3, 0.4) is 0 Å². The highest BCUT2D eigenvalue weighted by Crippen LogP contribution is 1.88. The molecular formula is C4H3IN2. The predicted molar refractivity (Wildman–Crippen MR) is 37.3 cm³/mol. The molecule has 0 atom stereocenters. The van der Waals surface area contributed by atoms with Gasteiger partial charge in [0.2, 0.25) is 6.19 Å². The summed E-state index contributed by atoms with van der Waals surface area (Å²) >= 11 is 1.91. The topological polar surface area (TPSA) is 36.1 Å². The van der Waals surface area contributed by atoms with Crippen molar-refractivity contribution >= 4 is 26.3 Å². The van der Waals surface area contributed by atoms with Crippen LogP contribution in [0.4, 0.5) is 0 Å². The van der Waals surface area contributed by atoms with E-state index in [4.69, 9.17) is 5.26 Å². The van der Waals surface area contributed by atoms with E-state index in [1.807, 2.05) is 22.6 Å². The Morgan fingerprint density at radius 1 is 2.00 bits per heavy atom. The molecule has 3 heteroatoms. The normalized spacial score (nSPS) is 10.0. The molecule has 0 aliphatic rings. The van der Waals surface area contributed by atoms with E-state index in [9.17, 15) is 0 Å². The summed E-state index contributed by atoms with van der Waals surface area (Å²) < 4.78 is 0.625. The van der Waals surface area contributed by atoms with Crippen molar-refractivity contribution in [2.24, 2.45) is 4.99 Å². The second-order valence-electron chi connectivity index (χ2n) is 0.739. The fourth-order valence-electron chi connectivity index (χ4n) is 0.0934. The fraction of sp³-hybridized carbons (Fsp3) is 0. The van der Waals surface area contributed by atoms with Crippen LogP contribution in [-0.4, -0.2) is 3.72 Å². The first-order valence-electron chi connectivity index (χ1n) is 1.56. The van der Waals surface area contributed by atoms with Crippen LogP contribution in [0.15, 0.2) is 17.6 Å². The first-order valence-corrected chi connectivity index (χ1v) is 2.64. The van der Waals surface area contributed by atoms with Gasteiger partial charge in [-0.25, -0.2) is 0 Å². The van der Waals surface area contributed by atoms with E-state index in [0.29, 0.717) is 3.72 Å². The van der Waals surface area contributed by atoms with Gasteiger partial charge in [-0.2, -0.15) is 10.3 Å². The summed E-state index contributed by atoms with van der Waals surface area (Å²) in [7, 11) is 0. The van der Waals surface area contributed by atoms with Crippen LogP contribution in [0.25, 0.3) is 0 Å². The molecule has 7 heavy (non-hydrogen) atoms. The predicted octanol–water partition coefficient (Wildman–Crippen LogP) is 1.49. The SMILES string of the molecule is C=CC(I)=NC#N. The van der Waals surface area contributed by atoms with Crippen LogP contribution in [0.2, 0.25) is 0 Å². The van der Waals surface area contributed by atoms with Crippen LogP contribution in [-0.2, 0) is 0 Å². The maximum Gasteiger partial charge on any atom is 0.206 e. The lowest BCUT2D eigenvalue weighted by Gasteiger charge is -1.72. The van der Waals surface area contributed by atoms with Gasteiger partial charge in [0, 0.05) is 0 Å². The Balaban J connectivity index is 3.80. The second-order valence-corrected chi connectivity index (χ2v) is 1.84. The average Bonchev–Trinajstić information content (AvgIpc) is 1.68. The summed E-state index contributed by atoms with van der Waals surface area (Å²) in [5, 5.41) is 7.88. The van der Waals surface area contributed by atoms with Crippen molar-refractivity contribution in [3.63, 3.8) is 0 Å². The Bertz CT molecular complexity index is 131. The molecule has 0 rings (SSSR count). The molecule has 0 aliphatic heterocycles. The summed E-state index contributed by atoms with van der Waals surface area (Å²) in [6.07, 6.45) is 3.15. The first-order chi connectivity index (χ1) is 3.31. The maximum absolute atomic E-state index is 7.88. The summed E-state index contributed by atoms with van der Waals surface area (Å²) in [5.41, 5.74) is 0. The molecule has 0 aromatic carbocycles. The Morgan fingerprint density at radius 3 is 2.71 bits per heavy atom. The number of hydrogen-bond acceptors (Lipinski definition) is 2. The Kier molecular flexibility index (Phi) is 3.61. The molecule has 36 valence electrons. The third-order valence-electron chi connectivity index (χ3n) is 0.325. The Hall–Kier alpha value is -0.370. The van der Waals surface area contributed by atoms with Crippen molar-refractivity contribution in [1.29, 1.82) is 5.26 Å². The standard InChI is InChI=1S/C4H3IN2/c1-2-4(5)7-3-6/h2H,1H2. The molecule has 0 saturated carbocycles. The van der Waals surface area contributed by atoms with E-state index in [-0.39, 0.29) is 0 Å². The highest BCUT2D eigenvalue weighted by atomic mass is 127. The monoisotopic (exact) mass is 206 g/mol. The molecule has 0 aromatic rings. The van der Waals surface area contributed by atoms with Crippen molar-refractivity contribution in [2.75, 3.05) is 0 Å². The van der Waals surface area contributed by atoms with Crippen molar-refractivity contribution in [3.8, 4) is 6.19 Å². The molecule has 2 nitrogen and oxygen atoms in total. The van der Waals surface area contributed by atoms with Gasteiger partial charge in [-0.1, -0.05) is 6.58 Å². The molecule has 0 spiro atoms. The van der Waals surface area contributed by atoms with Crippen LogP contribution in [0, 0.1) is 11.5 Å². The van der Waals surface area contributed by atoms with E-state index in [1.54, 1.807) is 6.19 Å². The highest BCUT2D eigenvalue weighted by Gasteiger charge is 1.76. The molecular weight excluding hydrogens is 203 g/mol. The van der Waals surface area contributed by atoms with Gasteiger partial charge in [-0.3, -0.25) is 0 Å². The van der Waals surface area contributed by atoms with E-state index in [2.05, 4.69) is 11.6 Å². The highest BCUT2D eigenvalue weighted by molar-refractivity contribution is 14.1.